The molecular formula is C17H12FN3O3S2. The fourth-order valence-electron chi connectivity index (χ4n) is 2.33. The van der Waals surface area contributed by atoms with Crippen LogP contribution in [0.2, 0.25) is 0 Å². The lowest BCUT2D eigenvalue weighted by molar-refractivity contribution is 0.0997. The number of nitrogens with two attached hydrogens (primary N) is 1. The van der Waals surface area contributed by atoms with Gasteiger partial charge in [0.2, 0.25) is 10.0 Å². The van der Waals surface area contributed by atoms with Crippen molar-refractivity contribution in [2.75, 3.05) is 0 Å². The number of hydrogen-bond acceptors (Lipinski definition) is 4. The molecule has 0 spiro atoms. The van der Waals surface area contributed by atoms with Crippen LogP contribution >= 0.6 is 11.3 Å². The Labute approximate surface area is 152 Å². The largest absolute Gasteiger partial charge is 0.305 e. The number of benzene rings is 2. The van der Waals surface area contributed by atoms with Gasteiger partial charge in [0.15, 0.2) is 4.80 Å². The molecule has 0 aliphatic carbocycles. The zero-order valence-electron chi connectivity index (χ0n) is 13.2. The van der Waals surface area contributed by atoms with Crippen molar-refractivity contribution in [3.05, 3.63) is 58.6 Å². The van der Waals surface area contributed by atoms with Crippen molar-refractivity contribution < 1.29 is 17.6 Å². The van der Waals surface area contributed by atoms with Crippen molar-refractivity contribution in [2.45, 2.75) is 11.4 Å². The number of primary sulfonamides is 1. The molecule has 1 heterocycles. The number of rotatable bonds is 3. The molecule has 26 heavy (non-hydrogen) atoms. The number of carbonyl (C=O) groups is 1. The fourth-order valence-corrected chi connectivity index (χ4v) is 4.01. The molecule has 0 unspecified atom stereocenters. The molecule has 0 bridgehead atoms. The number of thiazole rings is 1. The summed E-state index contributed by atoms with van der Waals surface area (Å²) in [4.78, 5) is 16.6. The summed E-state index contributed by atoms with van der Waals surface area (Å²) in [5.41, 5.74) is 0.714. The number of amides is 1. The first-order valence-corrected chi connectivity index (χ1v) is 9.60. The average Bonchev–Trinajstić information content (AvgIpc) is 2.91. The summed E-state index contributed by atoms with van der Waals surface area (Å²) in [6.07, 6.45) is 5.38. The first kappa shape index (κ1) is 18.0. The molecule has 0 saturated carbocycles. The molecule has 0 aliphatic rings. The molecule has 6 nitrogen and oxygen atoms in total. The van der Waals surface area contributed by atoms with Crippen molar-refractivity contribution in [1.29, 1.82) is 0 Å². The van der Waals surface area contributed by atoms with Crippen LogP contribution in [0.25, 0.3) is 10.2 Å². The van der Waals surface area contributed by atoms with Crippen LogP contribution in [0, 0.1) is 18.2 Å². The molecule has 0 fully saturated rings. The molecule has 1 amide bonds. The van der Waals surface area contributed by atoms with Crippen molar-refractivity contribution in [3.63, 3.8) is 0 Å². The lowest BCUT2D eigenvalue weighted by atomic mass is 10.2. The predicted molar refractivity (Wildman–Crippen MR) is 96.3 cm³/mol. The maximum absolute atomic E-state index is 13.3. The summed E-state index contributed by atoms with van der Waals surface area (Å²) >= 11 is 1.09. The van der Waals surface area contributed by atoms with E-state index >= 15 is 0 Å². The minimum absolute atomic E-state index is 0.0536. The van der Waals surface area contributed by atoms with Gasteiger partial charge in [-0.25, -0.2) is 17.9 Å². The predicted octanol–water partition coefficient (Wildman–Crippen LogP) is 1.86. The minimum Gasteiger partial charge on any atom is -0.305 e. The number of carbonyl (C=O) groups excluding carboxylic acids is 1. The van der Waals surface area contributed by atoms with Gasteiger partial charge >= 0.3 is 0 Å². The van der Waals surface area contributed by atoms with Crippen molar-refractivity contribution in [1.82, 2.24) is 4.57 Å². The van der Waals surface area contributed by atoms with Crippen molar-refractivity contribution in [2.24, 2.45) is 10.1 Å². The third-order valence-electron chi connectivity index (χ3n) is 3.50. The molecule has 3 aromatic rings. The van der Waals surface area contributed by atoms with E-state index in [1.54, 1.807) is 10.6 Å². The van der Waals surface area contributed by atoms with Gasteiger partial charge in [-0.3, -0.25) is 4.79 Å². The molecular weight excluding hydrogens is 377 g/mol. The van der Waals surface area contributed by atoms with Crippen LogP contribution in [-0.2, 0) is 16.6 Å². The Hall–Kier alpha value is -2.80. The third kappa shape index (κ3) is 3.57. The van der Waals surface area contributed by atoms with Gasteiger partial charge in [0, 0.05) is 5.56 Å². The number of sulfonamides is 1. The Kier molecular flexibility index (Phi) is 4.73. The molecule has 0 atom stereocenters. The molecule has 132 valence electrons. The molecule has 2 aromatic carbocycles. The van der Waals surface area contributed by atoms with Gasteiger partial charge in [0.1, 0.15) is 5.82 Å². The monoisotopic (exact) mass is 389 g/mol. The summed E-state index contributed by atoms with van der Waals surface area (Å²) in [5, 5.41) is 5.15. The number of hydrogen-bond donors (Lipinski definition) is 1. The van der Waals surface area contributed by atoms with Gasteiger partial charge in [-0.05, 0) is 36.4 Å². The normalized spacial score (nSPS) is 12.3. The van der Waals surface area contributed by atoms with E-state index in [4.69, 9.17) is 11.6 Å². The van der Waals surface area contributed by atoms with E-state index in [2.05, 4.69) is 10.9 Å². The zero-order valence-corrected chi connectivity index (χ0v) is 14.8. The topological polar surface area (TPSA) is 94.5 Å². The summed E-state index contributed by atoms with van der Waals surface area (Å²) in [6, 6.07) is 9.48. The summed E-state index contributed by atoms with van der Waals surface area (Å²) in [7, 11) is -3.86. The Morgan fingerprint density at radius 1 is 1.31 bits per heavy atom. The Bertz CT molecular complexity index is 1230. The van der Waals surface area contributed by atoms with Gasteiger partial charge in [0.05, 0.1) is 21.7 Å². The van der Waals surface area contributed by atoms with Gasteiger partial charge < -0.3 is 4.57 Å². The van der Waals surface area contributed by atoms with Crippen LogP contribution in [0.5, 0.6) is 0 Å². The van der Waals surface area contributed by atoms with Crippen LogP contribution in [0.3, 0.4) is 0 Å². The van der Waals surface area contributed by atoms with Crippen LogP contribution in [0.15, 0.2) is 52.4 Å². The first-order valence-electron chi connectivity index (χ1n) is 7.24. The highest BCUT2D eigenvalue weighted by Crippen LogP contribution is 2.21. The molecule has 0 aliphatic heterocycles. The fraction of sp³-hybridized carbons (Fsp3) is 0.0588. The molecule has 1 aromatic heterocycles. The number of halogens is 1. The number of fused-ring (bicyclic) bond motifs is 1. The highest BCUT2D eigenvalue weighted by molar-refractivity contribution is 7.89. The van der Waals surface area contributed by atoms with E-state index in [-0.39, 0.29) is 21.8 Å². The highest BCUT2D eigenvalue weighted by Gasteiger charge is 2.13. The average molecular weight is 389 g/mol. The van der Waals surface area contributed by atoms with Crippen LogP contribution in [0.4, 0.5) is 4.39 Å². The van der Waals surface area contributed by atoms with E-state index in [0.29, 0.717) is 10.2 Å². The van der Waals surface area contributed by atoms with E-state index in [1.165, 1.54) is 30.3 Å². The summed E-state index contributed by atoms with van der Waals surface area (Å²) < 4.78 is 38.5. The molecule has 0 radical (unpaired) electrons. The van der Waals surface area contributed by atoms with Crippen LogP contribution in [-0.4, -0.2) is 18.9 Å². The first-order chi connectivity index (χ1) is 12.3. The van der Waals surface area contributed by atoms with E-state index in [1.807, 2.05) is 0 Å². The number of nitrogens with zero attached hydrogens (tertiary/aromatic N) is 2. The van der Waals surface area contributed by atoms with Gasteiger partial charge in [0.25, 0.3) is 5.91 Å². The highest BCUT2D eigenvalue weighted by atomic mass is 32.2. The van der Waals surface area contributed by atoms with Crippen LogP contribution in [0.1, 0.15) is 10.4 Å². The SMILES string of the molecule is C#CCn1c(=NC(=O)c2cccc(F)c2)sc2cc(S(N)(=O)=O)ccc21. The maximum Gasteiger partial charge on any atom is 0.279 e. The van der Waals surface area contributed by atoms with Crippen molar-refractivity contribution >= 4 is 37.5 Å². The standard InChI is InChI=1S/C17H12FN3O3S2/c1-2-8-21-14-7-6-13(26(19,23)24)10-15(14)25-17(21)20-16(22)11-4-3-5-12(18)9-11/h1,3-7,9-10H,8H2,(H2,19,23,24). The molecule has 3 rings (SSSR count). The lowest BCUT2D eigenvalue weighted by Crippen LogP contribution is -2.16. The van der Waals surface area contributed by atoms with E-state index in [0.717, 1.165) is 17.4 Å². The van der Waals surface area contributed by atoms with Gasteiger partial charge in [-0.1, -0.05) is 23.3 Å². The second kappa shape index (κ2) is 6.84. The number of terminal acetylenes is 1. The van der Waals surface area contributed by atoms with Gasteiger partial charge in [-0.2, -0.15) is 4.99 Å². The minimum atomic E-state index is -3.86. The van der Waals surface area contributed by atoms with E-state index in [9.17, 15) is 17.6 Å². The zero-order chi connectivity index (χ0) is 18.9. The maximum atomic E-state index is 13.3. The second-order valence-corrected chi connectivity index (χ2v) is 7.85. The smallest absolute Gasteiger partial charge is 0.279 e. The Morgan fingerprint density at radius 2 is 2.08 bits per heavy atom. The molecule has 0 saturated heterocycles. The Morgan fingerprint density at radius 3 is 2.73 bits per heavy atom. The number of aromatic nitrogens is 1. The summed E-state index contributed by atoms with van der Waals surface area (Å²) in [6.45, 7) is 0.129. The van der Waals surface area contributed by atoms with E-state index < -0.39 is 21.7 Å². The third-order valence-corrected chi connectivity index (χ3v) is 5.45. The van der Waals surface area contributed by atoms with Gasteiger partial charge in [-0.15, -0.1) is 6.42 Å². The molecule has 9 heteroatoms. The van der Waals surface area contributed by atoms with Crippen LogP contribution < -0.4 is 9.94 Å². The van der Waals surface area contributed by atoms with Crippen molar-refractivity contribution in [3.8, 4) is 12.3 Å². The second-order valence-electron chi connectivity index (χ2n) is 5.28. The lowest BCUT2D eigenvalue weighted by Gasteiger charge is -2.01. The quantitative estimate of drug-likeness (QED) is 0.693. The molecule has 2 N–H and O–H groups in total. The Balaban J connectivity index is 2.19. The summed E-state index contributed by atoms with van der Waals surface area (Å²) in [5.74, 6) is 1.29.